The topological polar surface area (TPSA) is 58.6 Å². The Morgan fingerprint density at radius 2 is 1.77 bits per heavy atom. The second-order valence-electron chi connectivity index (χ2n) is 10.0. The molecule has 0 bridgehead atoms. The molecule has 2 saturated heterocycles. The third-order valence-electron chi connectivity index (χ3n) is 8.33. The van der Waals surface area contributed by atoms with Crippen LogP contribution in [0.3, 0.4) is 0 Å². The molecule has 0 radical (unpaired) electrons. The zero-order valence-corrected chi connectivity index (χ0v) is 17.9. The maximum absolute atomic E-state index is 13.0. The monoisotopic (exact) mass is 410 g/mol. The van der Waals surface area contributed by atoms with Crippen molar-refractivity contribution < 1.29 is 14.3 Å². The summed E-state index contributed by atoms with van der Waals surface area (Å²) in [7, 11) is 0. The number of ether oxygens (including phenoxy) is 1. The van der Waals surface area contributed by atoms with E-state index < -0.39 is 0 Å². The van der Waals surface area contributed by atoms with Gasteiger partial charge in [-0.3, -0.25) is 9.59 Å². The summed E-state index contributed by atoms with van der Waals surface area (Å²) >= 11 is 0. The molecule has 2 amide bonds. The van der Waals surface area contributed by atoms with E-state index in [-0.39, 0.29) is 34.7 Å². The van der Waals surface area contributed by atoms with Gasteiger partial charge in [0.15, 0.2) is 0 Å². The zero-order valence-electron chi connectivity index (χ0n) is 17.9. The Hall–Kier alpha value is -1.88. The summed E-state index contributed by atoms with van der Waals surface area (Å²) in [5.41, 5.74) is 1.61. The van der Waals surface area contributed by atoms with E-state index >= 15 is 0 Å². The van der Waals surface area contributed by atoms with Gasteiger partial charge >= 0.3 is 0 Å². The van der Waals surface area contributed by atoms with Gasteiger partial charge in [0.1, 0.15) is 6.10 Å². The van der Waals surface area contributed by atoms with E-state index in [4.69, 9.17) is 4.74 Å². The lowest BCUT2D eigenvalue weighted by Gasteiger charge is -2.34. The summed E-state index contributed by atoms with van der Waals surface area (Å²) in [5.74, 6) is 0.526. The van der Waals surface area contributed by atoms with Crippen molar-refractivity contribution in [1.82, 2.24) is 10.2 Å². The molecule has 1 N–H and O–H groups in total. The minimum absolute atomic E-state index is 0.107. The molecule has 2 atom stereocenters. The van der Waals surface area contributed by atoms with E-state index in [9.17, 15) is 9.59 Å². The second kappa shape index (κ2) is 7.99. The molecule has 1 aromatic carbocycles. The lowest BCUT2D eigenvalue weighted by molar-refractivity contribution is -0.142. The average Bonchev–Trinajstić information content (AvgIpc) is 3.19. The number of likely N-dealkylation sites (tertiary alicyclic amines) is 1. The minimum Gasteiger partial charge on any atom is -0.368 e. The van der Waals surface area contributed by atoms with E-state index in [0.29, 0.717) is 6.61 Å². The molecule has 2 aliphatic heterocycles. The Morgan fingerprint density at radius 1 is 1.03 bits per heavy atom. The number of hydrogen-bond donors (Lipinski definition) is 1. The number of nitrogens with zero attached hydrogens (tertiary/aromatic N) is 1. The number of nitrogens with one attached hydrogen (secondary N) is 1. The molecule has 2 aliphatic carbocycles. The average molecular weight is 411 g/mol. The molecule has 2 heterocycles. The molecule has 1 spiro atoms. The van der Waals surface area contributed by atoms with E-state index in [0.717, 1.165) is 64.6 Å². The van der Waals surface area contributed by atoms with E-state index in [2.05, 4.69) is 35.6 Å². The predicted molar refractivity (Wildman–Crippen MR) is 115 cm³/mol. The first-order chi connectivity index (χ1) is 14.6. The Labute approximate surface area is 179 Å². The minimum atomic E-state index is -0.224. The Kier molecular flexibility index (Phi) is 5.34. The number of piperidine rings is 1. The highest BCUT2D eigenvalue weighted by molar-refractivity contribution is 5.83. The largest absolute Gasteiger partial charge is 0.368 e. The number of amides is 2. The van der Waals surface area contributed by atoms with E-state index in [1.54, 1.807) is 0 Å². The van der Waals surface area contributed by atoms with Gasteiger partial charge in [0, 0.05) is 37.6 Å². The number of carbonyl (C=O) groups is 2. The first kappa shape index (κ1) is 20.0. The molecule has 5 rings (SSSR count). The van der Waals surface area contributed by atoms with Crippen LogP contribution in [0, 0.1) is 11.3 Å². The normalized spacial score (nSPS) is 29.1. The highest BCUT2D eigenvalue weighted by Crippen LogP contribution is 2.59. The molecule has 4 aliphatic rings. The summed E-state index contributed by atoms with van der Waals surface area (Å²) in [5, 5.41) is 3.34. The number of benzene rings is 1. The molecule has 4 fully saturated rings. The number of carbonyl (C=O) groups excluding carboxylic acids is 2. The molecule has 30 heavy (non-hydrogen) atoms. The van der Waals surface area contributed by atoms with Crippen LogP contribution in [-0.4, -0.2) is 49.1 Å². The van der Waals surface area contributed by atoms with Gasteiger partial charge in [0.25, 0.3) is 5.91 Å². The maximum atomic E-state index is 13.0. The van der Waals surface area contributed by atoms with Crippen LogP contribution in [0.2, 0.25) is 0 Å². The molecule has 2 saturated carbocycles. The SMILES string of the molecule is O=C(NCC1(c2ccccc2)CCCC1)C1CC12CCN(C(=O)C1CCCO1)CC2. The fourth-order valence-corrected chi connectivity index (χ4v) is 6.21. The van der Waals surface area contributed by atoms with Crippen molar-refractivity contribution in [3.05, 3.63) is 35.9 Å². The summed E-state index contributed by atoms with van der Waals surface area (Å²) in [6.45, 7) is 3.01. The van der Waals surface area contributed by atoms with Crippen molar-refractivity contribution in [3.63, 3.8) is 0 Å². The highest BCUT2D eigenvalue weighted by Gasteiger charge is 2.59. The van der Waals surface area contributed by atoms with Gasteiger partial charge in [0.2, 0.25) is 5.91 Å². The van der Waals surface area contributed by atoms with Crippen molar-refractivity contribution in [2.45, 2.75) is 69.3 Å². The van der Waals surface area contributed by atoms with Crippen molar-refractivity contribution in [2.24, 2.45) is 11.3 Å². The number of rotatable bonds is 5. The van der Waals surface area contributed by atoms with Gasteiger partial charge in [-0.25, -0.2) is 0 Å². The van der Waals surface area contributed by atoms with Gasteiger partial charge < -0.3 is 15.0 Å². The lowest BCUT2D eigenvalue weighted by Crippen LogP contribution is -2.45. The Morgan fingerprint density at radius 3 is 2.43 bits per heavy atom. The first-order valence-corrected chi connectivity index (χ1v) is 11.9. The van der Waals surface area contributed by atoms with Crippen molar-refractivity contribution in [1.29, 1.82) is 0 Å². The lowest BCUT2D eigenvalue weighted by atomic mass is 9.78. The number of hydrogen-bond acceptors (Lipinski definition) is 3. The van der Waals surface area contributed by atoms with E-state index in [1.807, 2.05) is 4.90 Å². The fraction of sp³-hybridized carbons (Fsp3) is 0.680. The maximum Gasteiger partial charge on any atom is 0.251 e. The zero-order chi connectivity index (χ0) is 20.6. The highest BCUT2D eigenvalue weighted by atomic mass is 16.5. The third-order valence-corrected chi connectivity index (χ3v) is 8.33. The van der Waals surface area contributed by atoms with Gasteiger partial charge in [0.05, 0.1) is 0 Å². The Balaban J connectivity index is 1.15. The quantitative estimate of drug-likeness (QED) is 0.809. The van der Waals surface area contributed by atoms with Crippen LogP contribution in [-0.2, 0) is 19.7 Å². The van der Waals surface area contributed by atoms with E-state index in [1.165, 1.54) is 18.4 Å². The van der Waals surface area contributed by atoms with Crippen LogP contribution in [0.1, 0.15) is 63.4 Å². The molecule has 1 aromatic rings. The molecular weight excluding hydrogens is 376 g/mol. The van der Waals surface area contributed by atoms with Crippen molar-refractivity contribution in [3.8, 4) is 0 Å². The van der Waals surface area contributed by atoms with Crippen LogP contribution in [0.25, 0.3) is 0 Å². The van der Waals surface area contributed by atoms with Gasteiger partial charge in [-0.1, -0.05) is 43.2 Å². The first-order valence-electron chi connectivity index (χ1n) is 11.9. The Bertz CT molecular complexity index is 773. The molecular formula is C25H34N2O3. The van der Waals surface area contributed by atoms with Crippen LogP contribution in [0.15, 0.2) is 30.3 Å². The molecule has 0 aromatic heterocycles. The molecule has 5 heteroatoms. The van der Waals surface area contributed by atoms with Crippen LogP contribution in [0.5, 0.6) is 0 Å². The van der Waals surface area contributed by atoms with Gasteiger partial charge in [-0.05, 0) is 55.9 Å². The smallest absolute Gasteiger partial charge is 0.251 e. The summed E-state index contributed by atoms with van der Waals surface area (Å²) in [6.07, 6.45) is 9.31. The fourth-order valence-electron chi connectivity index (χ4n) is 6.21. The molecule has 162 valence electrons. The summed E-state index contributed by atoms with van der Waals surface area (Å²) in [4.78, 5) is 27.6. The van der Waals surface area contributed by atoms with Crippen LogP contribution < -0.4 is 5.32 Å². The third kappa shape index (κ3) is 3.66. The van der Waals surface area contributed by atoms with Crippen LogP contribution in [0.4, 0.5) is 0 Å². The van der Waals surface area contributed by atoms with Crippen molar-refractivity contribution in [2.75, 3.05) is 26.2 Å². The summed E-state index contributed by atoms with van der Waals surface area (Å²) < 4.78 is 5.57. The molecule has 2 unspecified atom stereocenters. The van der Waals surface area contributed by atoms with Crippen LogP contribution >= 0.6 is 0 Å². The van der Waals surface area contributed by atoms with Gasteiger partial charge in [-0.2, -0.15) is 0 Å². The molecule has 5 nitrogen and oxygen atoms in total. The van der Waals surface area contributed by atoms with Gasteiger partial charge in [-0.15, -0.1) is 0 Å². The predicted octanol–water partition coefficient (Wildman–Crippen LogP) is 3.42. The standard InChI is InChI=1S/C25H34N2O3/c28-22(26-18-25(10-4-5-11-25)19-7-2-1-3-8-19)20-17-24(20)12-14-27(15-13-24)23(29)21-9-6-16-30-21/h1-3,7-8,20-21H,4-6,9-18H2,(H,26,28). The van der Waals surface area contributed by atoms with Crippen molar-refractivity contribution >= 4 is 11.8 Å². The second-order valence-corrected chi connectivity index (χ2v) is 10.0. The summed E-state index contributed by atoms with van der Waals surface area (Å²) in [6, 6.07) is 10.7.